The molecule has 1 aliphatic heterocycles. The van der Waals surface area contributed by atoms with E-state index in [0.29, 0.717) is 17.8 Å². The lowest BCUT2D eigenvalue weighted by atomic mass is 9.97. The van der Waals surface area contributed by atoms with Crippen molar-refractivity contribution in [2.24, 2.45) is 5.73 Å². The van der Waals surface area contributed by atoms with Crippen LogP contribution in [0.25, 0.3) is 0 Å². The molecule has 1 unspecified atom stereocenters. The van der Waals surface area contributed by atoms with Crippen molar-refractivity contribution in [3.63, 3.8) is 0 Å². The number of amides is 1. The highest BCUT2D eigenvalue weighted by Crippen LogP contribution is 2.21. The number of piperazine rings is 1. The van der Waals surface area contributed by atoms with Crippen LogP contribution < -0.4 is 16.0 Å². The van der Waals surface area contributed by atoms with Crippen molar-refractivity contribution < 1.29 is 9.59 Å². The predicted octanol–water partition coefficient (Wildman–Crippen LogP) is 3.58. The van der Waals surface area contributed by atoms with E-state index < -0.39 is 5.91 Å². The van der Waals surface area contributed by atoms with Crippen LogP contribution in [0.4, 0.5) is 11.4 Å². The van der Waals surface area contributed by atoms with E-state index in [9.17, 15) is 9.59 Å². The van der Waals surface area contributed by atoms with Crippen LogP contribution in [0, 0.1) is 6.92 Å². The van der Waals surface area contributed by atoms with Gasteiger partial charge in [0.15, 0.2) is 5.78 Å². The molecule has 33 heavy (non-hydrogen) atoms. The summed E-state index contributed by atoms with van der Waals surface area (Å²) in [5.41, 5.74) is 9.52. The number of rotatable bonds is 8. The van der Waals surface area contributed by atoms with Crippen molar-refractivity contribution in [3.8, 4) is 0 Å². The molecule has 6 nitrogen and oxygen atoms in total. The fourth-order valence-electron chi connectivity index (χ4n) is 4.41. The van der Waals surface area contributed by atoms with Crippen molar-refractivity contribution in [2.75, 3.05) is 42.9 Å². The van der Waals surface area contributed by atoms with E-state index in [4.69, 9.17) is 5.73 Å². The van der Waals surface area contributed by atoms with Gasteiger partial charge in [0.2, 0.25) is 0 Å². The molecule has 4 rings (SSSR count). The van der Waals surface area contributed by atoms with E-state index in [2.05, 4.69) is 27.2 Å². The van der Waals surface area contributed by atoms with Crippen LogP contribution in [-0.4, -0.2) is 55.4 Å². The van der Waals surface area contributed by atoms with Crippen molar-refractivity contribution in [3.05, 3.63) is 95.6 Å². The SMILES string of the molecule is Cc1ccccc1C(=O)C(CNc1ccccc1C(N)=O)N1CCN(c2ccccc2)CC1. The number of nitrogens with two attached hydrogens (primary N) is 1. The minimum atomic E-state index is -0.489. The summed E-state index contributed by atoms with van der Waals surface area (Å²) in [6, 6.07) is 24.9. The van der Waals surface area contributed by atoms with Gasteiger partial charge in [-0.25, -0.2) is 0 Å². The molecule has 1 aliphatic rings. The maximum Gasteiger partial charge on any atom is 0.250 e. The molecule has 1 amide bonds. The highest BCUT2D eigenvalue weighted by Gasteiger charge is 2.30. The number of para-hydroxylation sites is 2. The molecule has 0 saturated carbocycles. The first-order valence-corrected chi connectivity index (χ1v) is 11.3. The Kier molecular flexibility index (Phi) is 7.05. The Bertz CT molecular complexity index is 1110. The molecule has 0 aliphatic carbocycles. The molecular formula is C27H30N4O2. The fraction of sp³-hybridized carbons (Fsp3) is 0.259. The van der Waals surface area contributed by atoms with Gasteiger partial charge in [0.1, 0.15) is 0 Å². The average molecular weight is 443 g/mol. The van der Waals surface area contributed by atoms with Crippen molar-refractivity contribution in [2.45, 2.75) is 13.0 Å². The Balaban J connectivity index is 1.54. The van der Waals surface area contributed by atoms with E-state index in [1.54, 1.807) is 12.1 Å². The third kappa shape index (κ3) is 5.23. The molecule has 1 saturated heterocycles. The third-order valence-electron chi connectivity index (χ3n) is 6.27. The number of anilines is 2. The molecule has 1 atom stereocenters. The van der Waals surface area contributed by atoms with Gasteiger partial charge in [-0.3, -0.25) is 14.5 Å². The molecule has 3 N–H and O–H groups in total. The van der Waals surface area contributed by atoms with Crippen LogP contribution in [0.5, 0.6) is 0 Å². The number of Topliss-reactive ketones (excluding diaryl/α,β-unsaturated/α-hetero) is 1. The Morgan fingerprint density at radius 3 is 2.12 bits per heavy atom. The average Bonchev–Trinajstić information content (AvgIpc) is 2.85. The summed E-state index contributed by atoms with van der Waals surface area (Å²) in [6.07, 6.45) is 0. The van der Waals surface area contributed by atoms with Gasteiger partial charge in [-0.1, -0.05) is 54.6 Å². The molecule has 1 heterocycles. The number of carbonyl (C=O) groups is 2. The zero-order valence-electron chi connectivity index (χ0n) is 18.9. The number of nitrogens with one attached hydrogen (secondary N) is 1. The van der Waals surface area contributed by atoms with Gasteiger partial charge >= 0.3 is 0 Å². The van der Waals surface area contributed by atoms with E-state index in [0.717, 1.165) is 37.3 Å². The summed E-state index contributed by atoms with van der Waals surface area (Å²) < 4.78 is 0. The van der Waals surface area contributed by atoms with Gasteiger partial charge < -0.3 is 16.0 Å². The molecule has 3 aromatic rings. The Labute approximate surface area is 195 Å². The molecule has 170 valence electrons. The first kappa shape index (κ1) is 22.6. The summed E-state index contributed by atoms with van der Waals surface area (Å²) in [7, 11) is 0. The lowest BCUT2D eigenvalue weighted by Gasteiger charge is -2.40. The second kappa shape index (κ2) is 10.3. The van der Waals surface area contributed by atoms with E-state index in [1.807, 2.05) is 61.5 Å². The van der Waals surface area contributed by atoms with Gasteiger partial charge in [-0.15, -0.1) is 0 Å². The molecule has 0 radical (unpaired) electrons. The van der Waals surface area contributed by atoms with Crippen LogP contribution in [0.3, 0.4) is 0 Å². The van der Waals surface area contributed by atoms with Crippen LogP contribution in [0.15, 0.2) is 78.9 Å². The Morgan fingerprint density at radius 1 is 0.848 bits per heavy atom. The van der Waals surface area contributed by atoms with E-state index in [-0.39, 0.29) is 11.8 Å². The zero-order chi connectivity index (χ0) is 23.2. The summed E-state index contributed by atoms with van der Waals surface area (Å²) in [5, 5.41) is 3.33. The summed E-state index contributed by atoms with van der Waals surface area (Å²) in [5.74, 6) is -0.401. The second-order valence-electron chi connectivity index (χ2n) is 8.34. The van der Waals surface area contributed by atoms with Gasteiger partial charge in [0, 0.05) is 49.7 Å². The van der Waals surface area contributed by atoms with Crippen molar-refractivity contribution >= 4 is 23.1 Å². The molecule has 0 spiro atoms. The zero-order valence-corrected chi connectivity index (χ0v) is 18.9. The van der Waals surface area contributed by atoms with E-state index >= 15 is 0 Å². The highest BCUT2D eigenvalue weighted by molar-refractivity contribution is 6.02. The number of carbonyl (C=O) groups excluding carboxylic acids is 2. The van der Waals surface area contributed by atoms with Gasteiger partial charge in [-0.2, -0.15) is 0 Å². The predicted molar refractivity (Wildman–Crippen MR) is 133 cm³/mol. The maximum atomic E-state index is 13.7. The molecule has 0 bridgehead atoms. The maximum absolute atomic E-state index is 13.7. The number of aryl methyl sites for hydroxylation is 1. The lowest BCUT2D eigenvalue weighted by Crippen LogP contribution is -2.55. The Hall–Kier alpha value is -3.64. The first-order valence-electron chi connectivity index (χ1n) is 11.3. The topological polar surface area (TPSA) is 78.7 Å². The van der Waals surface area contributed by atoms with Crippen LogP contribution >= 0.6 is 0 Å². The monoisotopic (exact) mass is 442 g/mol. The summed E-state index contributed by atoms with van der Waals surface area (Å²) in [4.78, 5) is 30.1. The fourth-order valence-corrected chi connectivity index (χ4v) is 4.41. The minimum Gasteiger partial charge on any atom is -0.382 e. The number of ketones is 1. The van der Waals surface area contributed by atoms with Crippen LogP contribution in [0.1, 0.15) is 26.3 Å². The first-order chi connectivity index (χ1) is 16.0. The lowest BCUT2D eigenvalue weighted by molar-refractivity contribution is 0.0822. The number of nitrogens with zero attached hydrogens (tertiary/aromatic N) is 2. The number of hydrogen-bond donors (Lipinski definition) is 2. The summed E-state index contributed by atoms with van der Waals surface area (Å²) >= 11 is 0. The molecular weight excluding hydrogens is 412 g/mol. The standard InChI is InChI=1S/C27H30N4O2/c1-20-9-5-6-12-22(20)26(32)25(19-29-24-14-8-7-13-23(24)27(28)33)31-17-15-30(16-18-31)21-10-3-2-4-11-21/h2-14,25,29H,15-19H2,1H3,(H2,28,33). The highest BCUT2D eigenvalue weighted by atomic mass is 16.1. The van der Waals surface area contributed by atoms with Crippen LogP contribution in [-0.2, 0) is 0 Å². The minimum absolute atomic E-state index is 0.0883. The largest absolute Gasteiger partial charge is 0.382 e. The van der Waals surface area contributed by atoms with E-state index in [1.165, 1.54) is 5.69 Å². The molecule has 3 aromatic carbocycles. The Morgan fingerprint density at radius 2 is 1.45 bits per heavy atom. The third-order valence-corrected chi connectivity index (χ3v) is 6.27. The number of hydrogen-bond acceptors (Lipinski definition) is 5. The molecule has 0 aromatic heterocycles. The van der Waals surface area contributed by atoms with Gasteiger partial charge in [0.25, 0.3) is 5.91 Å². The number of benzene rings is 3. The van der Waals surface area contributed by atoms with Crippen molar-refractivity contribution in [1.82, 2.24) is 4.90 Å². The van der Waals surface area contributed by atoms with Crippen LogP contribution in [0.2, 0.25) is 0 Å². The normalized spacial score (nSPS) is 15.1. The number of primary amides is 1. The molecule has 6 heteroatoms. The van der Waals surface area contributed by atoms with Crippen molar-refractivity contribution in [1.29, 1.82) is 0 Å². The van der Waals surface area contributed by atoms with Gasteiger partial charge in [0.05, 0.1) is 11.6 Å². The summed E-state index contributed by atoms with van der Waals surface area (Å²) in [6.45, 7) is 5.60. The quantitative estimate of drug-likeness (QED) is 0.522. The molecule has 1 fully saturated rings. The van der Waals surface area contributed by atoms with Gasteiger partial charge in [-0.05, 0) is 36.8 Å². The smallest absolute Gasteiger partial charge is 0.250 e. The second-order valence-corrected chi connectivity index (χ2v) is 8.34.